The van der Waals surface area contributed by atoms with Crippen LogP contribution in [0.1, 0.15) is 40.0 Å². The molecule has 1 unspecified atom stereocenters. The molecule has 2 aromatic rings. The van der Waals surface area contributed by atoms with Gasteiger partial charge in [0.2, 0.25) is 0 Å². The lowest BCUT2D eigenvalue weighted by atomic mass is 9.95. The normalized spacial score (nSPS) is 15.8. The largest absolute Gasteiger partial charge is 0.497 e. The molecule has 10 heteroatoms. The molecule has 0 N–H and O–H groups in total. The fourth-order valence-electron chi connectivity index (χ4n) is 3.13. The Kier molecular flexibility index (Phi) is 8.94. The van der Waals surface area contributed by atoms with Crippen LogP contribution in [0.3, 0.4) is 0 Å². The van der Waals surface area contributed by atoms with E-state index < -0.39 is 18.0 Å². The average molecular weight is 474 g/mol. The molecule has 0 spiro atoms. The summed E-state index contributed by atoms with van der Waals surface area (Å²) in [6.45, 7) is 0. The quantitative estimate of drug-likeness (QED) is 0.372. The highest BCUT2D eigenvalue weighted by Gasteiger charge is 2.33. The number of benzene rings is 2. The molecular weight excluding hydrogens is 448 g/mol. The number of hydrogen-bond donors (Lipinski definition) is 0. The Balaban J connectivity index is 1.59. The van der Waals surface area contributed by atoms with Gasteiger partial charge in [-0.2, -0.15) is 9.78 Å². The first-order valence-corrected chi connectivity index (χ1v) is 10.4. The highest BCUT2D eigenvalue weighted by molar-refractivity contribution is 5.90. The van der Waals surface area contributed by atoms with Gasteiger partial charge in [-0.15, -0.1) is 0 Å². The van der Waals surface area contributed by atoms with Crippen molar-refractivity contribution in [2.24, 2.45) is 0 Å². The van der Waals surface area contributed by atoms with Crippen LogP contribution in [0.25, 0.3) is 0 Å². The van der Waals surface area contributed by atoms with E-state index in [0.29, 0.717) is 48.4 Å². The van der Waals surface area contributed by atoms with Gasteiger partial charge in [-0.05, 0) is 49.9 Å². The second-order valence-electron chi connectivity index (χ2n) is 7.14. The smallest absolute Gasteiger partial charge is 0.373 e. The van der Waals surface area contributed by atoms with E-state index in [0.717, 1.165) is 0 Å². The van der Waals surface area contributed by atoms with E-state index in [-0.39, 0.29) is 11.1 Å². The Bertz CT molecular complexity index is 866. The SMILES string of the molecule is COc1cc(OC)cc(C(=O)OO[C]2CC[CH]CC2OOC(=O)c2cc(OC)cc(OC)c2)c1. The summed E-state index contributed by atoms with van der Waals surface area (Å²) in [6.07, 6.45) is 3.01. The van der Waals surface area contributed by atoms with Crippen molar-refractivity contribution >= 4 is 11.9 Å². The first-order chi connectivity index (χ1) is 16.5. The highest BCUT2D eigenvalue weighted by atomic mass is 17.2. The second kappa shape index (κ2) is 12.1. The molecule has 3 rings (SSSR count). The second-order valence-corrected chi connectivity index (χ2v) is 7.14. The Hall–Kier alpha value is -3.50. The highest BCUT2D eigenvalue weighted by Crippen LogP contribution is 2.31. The molecule has 1 aliphatic carbocycles. The summed E-state index contributed by atoms with van der Waals surface area (Å²) in [5, 5.41) is 0. The third-order valence-corrected chi connectivity index (χ3v) is 4.97. The molecule has 0 amide bonds. The van der Waals surface area contributed by atoms with E-state index in [9.17, 15) is 9.59 Å². The Morgan fingerprint density at radius 2 is 1.18 bits per heavy atom. The van der Waals surface area contributed by atoms with Crippen LogP contribution in [0, 0.1) is 12.5 Å². The van der Waals surface area contributed by atoms with Crippen molar-refractivity contribution in [1.29, 1.82) is 0 Å². The molecule has 182 valence electrons. The van der Waals surface area contributed by atoms with E-state index in [1.807, 2.05) is 6.42 Å². The minimum atomic E-state index is -0.752. The van der Waals surface area contributed by atoms with Crippen LogP contribution < -0.4 is 18.9 Å². The fraction of sp³-hybridized carbons (Fsp3) is 0.333. The summed E-state index contributed by atoms with van der Waals surface area (Å²) >= 11 is 0. The summed E-state index contributed by atoms with van der Waals surface area (Å²) < 4.78 is 20.6. The summed E-state index contributed by atoms with van der Waals surface area (Å²) in [4.78, 5) is 45.5. The van der Waals surface area contributed by atoms with Gasteiger partial charge in [0.05, 0.1) is 39.6 Å². The predicted octanol–water partition coefficient (Wildman–Crippen LogP) is 3.89. The van der Waals surface area contributed by atoms with Crippen molar-refractivity contribution in [2.75, 3.05) is 28.4 Å². The Labute approximate surface area is 197 Å². The topological polar surface area (TPSA) is 108 Å². The number of methoxy groups -OCH3 is 4. The summed E-state index contributed by atoms with van der Waals surface area (Å²) in [7, 11) is 5.89. The molecule has 2 aromatic carbocycles. The molecule has 2 radical (unpaired) electrons. The standard InChI is InChI=1S/C24H26O10/c1-27-17-9-15(10-18(13-17)28-2)23(25)33-31-21-7-5-6-8-22(21)32-34-24(26)16-11-19(29-3)14-20(12-16)30-4/h5,9-14,21H,6-8H2,1-4H3. The minimum Gasteiger partial charge on any atom is -0.497 e. The monoisotopic (exact) mass is 474 g/mol. The summed E-state index contributed by atoms with van der Waals surface area (Å²) in [5.74, 6) is 0.200. The third-order valence-electron chi connectivity index (χ3n) is 4.97. The molecule has 0 bridgehead atoms. The first-order valence-electron chi connectivity index (χ1n) is 10.4. The molecule has 10 nitrogen and oxygen atoms in total. The fourth-order valence-corrected chi connectivity index (χ4v) is 3.13. The van der Waals surface area contributed by atoms with E-state index in [2.05, 4.69) is 0 Å². The van der Waals surface area contributed by atoms with E-state index >= 15 is 0 Å². The number of carbonyl (C=O) groups excluding carboxylic acids is 2. The lowest BCUT2D eigenvalue weighted by molar-refractivity contribution is -0.317. The van der Waals surface area contributed by atoms with Gasteiger partial charge in [-0.1, -0.05) is 0 Å². The van der Waals surface area contributed by atoms with Crippen LogP contribution in [-0.4, -0.2) is 46.5 Å². The molecule has 1 atom stereocenters. The van der Waals surface area contributed by atoms with Crippen LogP contribution in [0.2, 0.25) is 0 Å². The Morgan fingerprint density at radius 1 is 0.706 bits per heavy atom. The van der Waals surface area contributed by atoms with E-state index in [1.54, 1.807) is 12.1 Å². The van der Waals surface area contributed by atoms with Crippen LogP contribution in [0.5, 0.6) is 23.0 Å². The summed E-state index contributed by atoms with van der Waals surface area (Å²) in [5.41, 5.74) is 0.354. The van der Waals surface area contributed by atoms with Gasteiger partial charge in [-0.25, -0.2) is 9.59 Å². The van der Waals surface area contributed by atoms with Crippen LogP contribution in [0.15, 0.2) is 36.4 Å². The van der Waals surface area contributed by atoms with Crippen LogP contribution in [0.4, 0.5) is 0 Å². The van der Waals surface area contributed by atoms with Crippen molar-refractivity contribution in [2.45, 2.75) is 25.4 Å². The van der Waals surface area contributed by atoms with Crippen molar-refractivity contribution in [3.05, 3.63) is 60.0 Å². The average Bonchev–Trinajstić information content (AvgIpc) is 2.89. The molecule has 0 saturated heterocycles. The lowest BCUT2D eigenvalue weighted by Crippen LogP contribution is -2.30. The predicted molar refractivity (Wildman–Crippen MR) is 117 cm³/mol. The zero-order valence-electron chi connectivity index (χ0n) is 19.3. The zero-order chi connectivity index (χ0) is 24.5. The molecule has 34 heavy (non-hydrogen) atoms. The molecule has 1 aliphatic rings. The van der Waals surface area contributed by atoms with E-state index in [4.69, 9.17) is 38.5 Å². The van der Waals surface area contributed by atoms with Crippen LogP contribution >= 0.6 is 0 Å². The zero-order valence-corrected chi connectivity index (χ0v) is 19.3. The number of ether oxygens (including phenoxy) is 4. The molecule has 1 fully saturated rings. The Morgan fingerprint density at radius 3 is 1.65 bits per heavy atom. The number of rotatable bonds is 10. The van der Waals surface area contributed by atoms with Crippen LogP contribution in [-0.2, 0) is 19.6 Å². The molecule has 0 aromatic heterocycles. The van der Waals surface area contributed by atoms with Crippen molar-refractivity contribution in [3.63, 3.8) is 0 Å². The first kappa shape index (κ1) is 25.1. The molecule has 0 heterocycles. The maximum Gasteiger partial charge on any atom is 0.373 e. The van der Waals surface area contributed by atoms with Gasteiger partial charge in [0, 0.05) is 12.1 Å². The molecular formula is C24H26O10. The summed E-state index contributed by atoms with van der Waals surface area (Å²) in [6, 6.07) is 9.22. The van der Waals surface area contributed by atoms with Crippen molar-refractivity contribution in [3.8, 4) is 23.0 Å². The maximum absolute atomic E-state index is 12.5. The number of carbonyl (C=O) groups is 2. The van der Waals surface area contributed by atoms with Gasteiger partial charge in [-0.3, -0.25) is 9.78 Å². The minimum absolute atomic E-state index is 0.176. The van der Waals surface area contributed by atoms with Crippen molar-refractivity contribution in [1.82, 2.24) is 0 Å². The number of hydrogen-bond acceptors (Lipinski definition) is 10. The maximum atomic E-state index is 12.5. The van der Waals surface area contributed by atoms with Gasteiger partial charge < -0.3 is 18.9 Å². The van der Waals surface area contributed by atoms with Crippen molar-refractivity contribution < 1.29 is 48.1 Å². The van der Waals surface area contributed by atoms with E-state index in [1.165, 1.54) is 52.7 Å². The lowest BCUT2D eigenvalue weighted by Gasteiger charge is -2.26. The third kappa shape index (κ3) is 6.52. The molecule has 1 saturated carbocycles. The van der Waals surface area contributed by atoms with Gasteiger partial charge in [0.15, 0.2) is 6.10 Å². The molecule has 0 aliphatic heterocycles. The van der Waals surface area contributed by atoms with Gasteiger partial charge in [0.25, 0.3) is 0 Å². The van der Waals surface area contributed by atoms with Gasteiger partial charge >= 0.3 is 11.9 Å². The van der Waals surface area contributed by atoms with Gasteiger partial charge in [0.1, 0.15) is 29.1 Å².